The fraction of sp³-hybridized carbons (Fsp3) is 0.417. The lowest BCUT2D eigenvalue weighted by atomic mass is 9.95. The van der Waals surface area contributed by atoms with Crippen molar-refractivity contribution in [3.8, 4) is 5.75 Å². The summed E-state index contributed by atoms with van der Waals surface area (Å²) in [5, 5.41) is 3.41. The Hall–Kier alpha value is -2.12. The maximum absolute atomic E-state index is 14.3. The van der Waals surface area contributed by atoms with E-state index >= 15 is 0 Å². The maximum atomic E-state index is 14.3. The molecule has 1 fully saturated rings. The molecule has 0 aliphatic heterocycles. The van der Waals surface area contributed by atoms with Crippen LogP contribution in [0, 0.1) is 5.82 Å². The Balaban J connectivity index is 1.73. The Morgan fingerprint density at radius 2 is 1.94 bits per heavy atom. The van der Waals surface area contributed by atoms with Crippen LogP contribution >= 0.6 is 27.5 Å². The Morgan fingerprint density at radius 1 is 1.22 bits per heavy atom. The van der Waals surface area contributed by atoms with Gasteiger partial charge >= 0.3 is 0 Å². The van der Waals surface area contributed by atoms with E-state index in [4.69, 9.17) is 16.3 Å². The highest BCUT2D eigenvalue weighted by atomic mass is 79.9. The number of benzene rings is 2. The summed E-state index contributed by atoms with van der Waals surface area (Å²) in [6, 6.07) is 10.6. The van der Waals surface area contributed by atoms with E-state index in [9.17, 15) is 14.0 Å². The first-order valence-electron chi connectivity index (χ1n) is 10.8. The second-order valence-electron chi connectivity index (χ2n) is 8.00. The highest BCUT2D eigenvalue weighted by Crippen LogP contribution is 2.28. The van der Waals surface area contributed by atoms with Gasteiger partial charge in [0, 0.05) is 22.6 Å². The van der Waals surface area contributed by atoms with Crippen LogP contribution in [-0.2, 0) is 16.1 Å². The van der Waals surface area contributed by atoms with Gasteiger partial charge in [-0.1, -0.05) is 65.0 Å². The van der Waals surface area contributed by atoms with Crippen LogP contribution in [0.2, 0.25) is 5.02 Å². The number of carbonyl (C=O) groups is 2. The largest absolute Gasteiger partial charge is 0.482 e. The van der Waals surface area contributed by atoms with Crippen molar-refractivity contribution in [3.63, 3.8) is 0 Å². The molecule has 0 radical (unpaired) electrons. The molecular formula is C24H27BrClFN2O3. The molecule has 0 unspecified atom stereocenters. The topological polar surface area (TPSA) is 58.6 Å². The van der Waals surface area contributed by atoms with Crippen molar-refractivity contribution < 1.29 is 18.7 Å². The lowest BCUT2D eigenvalue weighted by Crippen LogP contribution is -2.51. The van der Waals surface area contributed by atoms with Gasteiger partial charge in [-0.05, 0) is 44.0 Å². The van der Waals surface area contributed by atoms with E-state index in [1.54, 1.807) is 43.3 Å². The zero-order valence-corrected chi connectivity index (χ0v) is 20.3. The molecular weight excluding hydrogens is 499 g/mol. The van der Waals surface area contributed by atoms with E-state index in [-0.39, 0.29) is 25.1 Å². The van der Waals surface area contributed by atoms with Crippen molar-refractivity contribution in [3.05, 3.63) is 63.3 Å². The number of hydrogen-bond donors (Lipinski definition) is 1. The zero-order valence-electron chi connectivity index (χ0n) is 18.0. The van der Waals surface area contributed by atoms with E-state index < -0.39 is 17.8 Å². The summed E-state index contributed by atoms with van der Waals surface area (Å²) in [5.74, 6) is -0.753. The minimum Gasteiger partial charge on any atom is -0.482 e. The van der Waals surface area contributed by atoms with Crippen molar-refractivity contribution in [1.82, 2.24) is 10.2 Å². The quantitative estimate of drug-likeness (QED) is 0.496. The van der Waals surface area contributed by atoms with Gasteiger partial charge in [-0.2, -0.15) is 0 Å². The van der Waals surface area contributed by atoms with Crippen LogP contribution in [0.4, 0.5) is 4.39 Å². The molecule has 172 valence electrons. The van der Waals surface area contributed by atoms with Gasteiger partial charge in [-0.15, -0.1) is 0 Å². The maximum Gasteiger partial charge on any atom is 0.261 e. The third kappa shape index (κ3) is 6.69. The van der Waals surface area contributed by atoms with E-state index in [0.29, 0.717) is 16.3 Å². The highest BCUT2D eigenvalue weighted by Gasteiger charge is 2.29. The molecule has 2 aromatic carbocycles. The van der Waals surface area contributed by atoms with Crippen LogP contribution in [0.25, 0.3) is 0 Å². The molecule has 0 spiro atoms. The lowest BCUT2D eigenvalue weighted by molar-refractivity contribution is -0.142. The van der Waals surface area contributed by atoms with Crippen molar-refractivity contribution >= 4 is 39.3 Å². The summed E-state index contributed by atoms with van der Waals surface area (Å²) in [4.78, 5) is 27.4. The molecule has 0 saturated heterocycles. The molecule has 8 heteroatoms. The Kier molecular flexibility index (Phi) is 8.93. The van der Waals surface area contributed by atoms with Crippen LogP contribution < -0.4 is 10.1 Å². The molecule has 0 aromatic heterocycles. The van der Waals surface area contributed by atoms with E-state index in [1.165, 1.54) is 17.4 Å². The molecule has 2 aromatic rings. The van der Waals surface area contributed by atoms with E-state index in [0.717, 1.165) is 30.2 Å². The van der Waals surface area contributed by atoms with Crippen LogP contribution in [-0.4, -0.2) is 35.4 Å². The van der Waals surface area contributed by atoms with Crippen LogP contribution in [0.3, 0.4) is 0 Å². The SMILES string of the molecule is C[C@H](C(=O)NC1CCCCC1)N(Cc1ccccc1F)C(=O)COc1ccc(Br)cc1Cl. The third-order valence-electron chi connectivity index (χ3n) is 5.66. The molecule has 0 bridgehead atoms. The molecule has 32 heavy (non-hydrogen) atoms. The average molecular weight is 526 g/mol. The van der Waals surface area contributed by atoms with Gasteiger partial charge in [0.1, 0.15) is 17.6 Å². The Labute approximate surface area is 201 Å². The van der Waals surface area contributed by atoms with Crippen molar-refractivity contribution in [2.24, 2.45) is 0 Å². The average Bonchev–Trinajstić information content (AvgIpc) is 2.78. The standard InChI is InChI=1S/C24H27BrClFN2O3/c1-16(24(31)28-19-8-3-2-4-9-19)29(14-17-7-5-6-10-21(17)27)23(30)15-32-22-12-11-18(25)13-20(22)26/h5-7,10-13,16,19H,2-4,8-9,14-15H2,1H3,(H,28,31)/t16-/m1/s1. The molecule has 1 saturated carbocycles. The number of nitrogens with one attached hydrogen (secondary N) is 1. The molecule has 1 N–H and O–H groups in total. The molecule has 1 aliphatic rings. The molecule has 1 atom stereocenters. The van der Waals surface area contributed by atoms with Gasteiger partial charge in [0.05, 0.1) is 5.02 Å². The lowest BCUT2D eigenvalue weighted by Gasteiger charge is -2.31. The smallest absolute Gasteiger partial charge is 0.261 e. The van der Waals surface area contributed by atoms with Gasteiger partial charge < -0.3 is 15.0 Å². The van der Waals surface area contributed by atoms with Crippen LogP contribution in [0.15, 0.2) is 46.9 Å². The summed E-state index contributed by atoms with van der Waals surface area (Å²) in [7, 11) is 0. The number of rotatable bonds is 8. The summed E-state index contributed by atoms with van der Waals surface area (Å²) in [5.41, 5.74) is 0.333. The monoisotopic (exact) mass is 524 g/mol. The number of carbonyl (C=O) groups excluding carboxylic acids is 2. The molecule has 5 nitrogen and oxygen atoms in total. The first-order valence-corrected chi connectivity index (χ1v) is 11.9. The first kappa shape index (κ1) is 24.5. The van der Waals surface area contributed by atoms with Gasteiger partial charge in [-0.3, -0.25) is 9.59 Å². The summed E-state index contributed by atoms with van der Waals surface area (Å²) < 4.78 is 20.7. The van der Waals surface area contributed by atoms with E-state index in [1.807, 2.05) is 0 Å². The fourth-order valence-corrected chi connectivity index (χ4v) is 4.50. The summed E-state index contributed by atoms with van der Waals surface area (Å²) in [6.45, 7) is 1.29. The van der Waals surface area contributed by atoms with Gasteiger partial charge in [-0.25, -0.2) is 4.39 Å². The summed E-state index contributed by atoms with van der Waals surface area (Å²) in [6.07, 6.45) is 5.21. The minimum atomic E-state index is -0.784. The van der Waals surface area contributed by atoms with Crippen LogP contribution in [0.5, 0.6) is 5.75 Å². The fourth-order valence-electron chi connectivity index (χ4n) is 3.78. The Bertz CT molecular complexity index is 953. The van der Waals surface area contributed by atoms with E-state index in [2.05, 4.69) is 21.2 Å². The second kappa shape index (κ2) is 11.7. The minimum absolute atomic E-state index is 0.0395. The number of halogens is 3. The molecule has 2 amide bonds. The highest BCUT2D eigenvalue weighted by molar-refractivity contribution is 9.10. The third-order valence-corrected chi connectivity index (χ3v) is 6.45. The molecule has 3 rings (SSSR count). The number of nitrogens with zero attached hydrogens (tertiary/aromatic N) is 1. The molecule has 1 aliphatic carbocycles. The second-order valence-corrected chi connectivity index (χ2v) is 9.32. The normalized spacial score (nSPS) is 15.1. The van der Waals surface area contributed by atoms with Crippen molar-refractivity contribution in [2.45, 2.75) is 57.7 Å². The predicted molar refractivity (Wildman–Crippen MR) is 126 cm³/mol. The van der Waals surface area contributed by atoms with Crippen molar-refractivity contribution in [1.29, 1.82) is 0 Å². The number of amides is 2. The Morgan fingerprint density at radius 3 is 2.62 bits per heavy atom. The van der Waals surface area contributed by atoms with Gasteiger partial charge in [0.2, 0.25) is 5.91 Å². The van der Waals surface area contributed by atoms with Gasteiger partial charge in [0.25, 0.3) is 5.91 Å². The summed E-state index contributed by atoms with van der Waals surface area (Å²) >= 11 is 9.49. The zero-order chi connectivity index (χ0) is 23.1. The van der Waals surface area contributed by atoms with Crippen LogP contribution in [0.1, 0.15) is 44.6 Å². The first-order chi connectivity index (χ1) is 15.3. The number of hydrogen-bond acceptors (Lipinski definition) is 3. The predicted octanol–water partition coefficient (Wildman–Crippen LogP) is 5.49. The molecule has 0 heterocycles. The van der Waals surface area contributed by atoms with Gasteiger partial charge in [0.15, 0.2) is 6.61 Å². The number of ether oxygens (including phenoxy) is 1. The van der Waals surface area contributed by atoms with Crippen molar-refractivity contribution in [2.75, 3.05) is 6.61 Å².